The molecule has 10 heteroatoms. The van der Waals surface area contributed by atoms with Crippen molar-refractivity contribution in [2.45, 2.75) is 13.3 Å². The molecule has 3 aromatic heterocycles. The van der Waals surface area contributed by atoms with Crippen molar-refractivity contribution in [1.82, 2.24) is 24.1 Å². The van der Waals surface area contributed by atoms with E-state index in [1.807, 2.05) is 37.3 Å². The minimum Gasteiger partial charge on any atom is -0.381 e. The van der Waals surface area contributed by atoms with E-state index in [-0.39, 0.29) is 16.9 Å². The molecular formula is C26H21N7O3. The first-order valence-electron chi connectivity index (χ1n) is 10.9. The van der Waals surface area contributed by atoms with Crippen LogP contribution in [0, 0.1) is 11.8 Å². The van der Waals surface area contributed by atoms with Crippen molar-refractivity contribution in [2.75, 3.05) is 5.73 Å². The highest BCUT2D eigenvalue weighted by Gasteiger charge is 2.15. The van der Waals surface area contributed by atoms with Crippen LogP contribution in [0.2, 0.25) is 0 Å². The summed E-state index contributed by atoms with van der Waals surface area (Å²) in [6.07, 6.45) is 4.33. The molecule has 178 valence electrons. The molecule has 0 aliphatic carbocycles. The maximum absolute atomic E-state index is 13.1. The minimum atomic E-state index is -0.619. The summed E-state index contributed by atoms with van der Waals surface area (Å²) in [6, 6.07) is 16.4. The lowest BCUT2D eigenvalue weighted by atomic mass is 10.1. The van der Waals surface area contributed by atoms with Crippen molar-refractivity contribution in [3.8, 4) is 17.5 Å². The molecule has 3 heterocycles. The number of carbonyl (C=O) groups is 2. The van der Waals surface area contributed by atoms with Crippen LogP contribution in [0.5, 0.6) is 0 Å². The van der Waals surface area contributed by atoms with Gasteiger partial charge in [0, 0.05) is 24.4 Å². The van der Waals surface area contributed by atoms with E-state index >= 15 is 0 Å². The molecule has 0 bridgehead atoms. The summed E-state index contributed by atoms with van der Waals surface area (Å²) in [5.41, 5.74) is 12.8. The summed E-state index contributed by atoms with van der Waals surface area (Å²) < 4.78 is 3.02. The molecule has 1 amide bonds. The quantitative estimate of drug-likeness (QED) is 0.296. The molecular weight excluding hydrogens is 458 g/mol. The second kappa shape index (κ2) is 10.3. The smallest absolute Gasteiger partial charge is 0.267 e. The van der Waals surface area contributed by atoms with Crippen LogP contribution >= 0.6 is 0 Å². The number of fused-ring (bicyclic) bond motifs is 2. The third-order valence-electron chi connectivity index (χ3n) is 5.23. The lowest BCUT2D eigenvalue weighted by Gasteiger charge is -2.13. The van der Waals surface area contributed by atoms with Crippen LogP contribution in [0.1, 0.15) is 28.7 Å². The molecule has 5 rings (SSSR count). The van der Waals surface area contributed by atoms with Gasteiger partial charge in [-0.2, -0.15) is 0 Å². The molecule has 2 aromatic carbocycles. The number of nitrogens with two attached hydrogens (primary N) is 2. The number of rotatable bonds is 3. The lowest BCUT2D eigenvalue weighted by Crippen LogP contribution is -2.24. The Bertz CT molecular complexity index is 1710. The second-order valence-corrected chi connectivity index (χ2v) is 7.46. The van der Waals surface area contributed by atoms with Crippen molar-refractivity contribution in [1.29, 1.82) is 0 Å². The Balaban J connectivity index is 0.000000197. The first kappa shape index (κ1) is 23.8. The van der Waals surface area contributed by atoms with Crippen molar-refractivity contribution >= 4 is 34.6 Å². The van der Waals surface area contributed by atoms with Gasteiger partial charge in [0.1, 0.15) is 11.4 Å². The van der Waals surface area contributed by atoms with Gasteiger partial charge in [-0.15, -0.1) is 5.10 Å². The van der Waals surface area contributed by atoms with Gasteiger partial charge >= 0.3 is 0 Å². The third-order valence-corrected chi connectivity index (χ3v) is 5.23. The number of nitrogens with zero attached hydrogens (tertiary/aromatic N) is 5. The molecule has 0 radical (unpaired) electrons. The number of aromatic nitrogens is 5. The van der Waals surface area contributed by atoms with E-state index in [1.54, 1.807) is 41.2 Å². The van der Waals surface area contributed by atoms with E-state index in [0.29, 0.717) is 40.6 Å². The molecule has 0 spiro atoms. The van der Waals surface area contributed by atoms with Gasteiger partial charge in [0.25, 0.3) is 11.5 Å². The van der Waals surface area contributed by atoms with Gasteiger partial charge < -0.3 is 11.5 Å². The molecule has 0 saturated heterocycles. The van der Waals surface area contributed by atoms with E-state index < -0.39 is 5.91 Å². The Labute approximate surface area is 205 Å². The second-order valence-electron chi connectivity index (χ2n) is 7.46. The first-order chi connectivity index (χ1) is 17.5. The fourth-order valence-corrected chi connectivity index (χ4v) is 3.71. The van der Waals surface area contributed by atoms with Gasteiger partial charge in [0.15, 0.2) is 17.8 Å². The zero-order chi connectivity index (χ0) is 25.7. The highest BCUT2D eigenvalue weighted by molar-refractivity contribution is 6.03. The number of benzene rings is 2. The van der Waals surface area contributed by atoms with Crippen LogP contribution in [0.4, 0.5) is 5.82 Å². The molecule has 10 nitrogen and oxygen atoms in total. The van der Waals surface area contributed by atoms with E-state index in [4.69, 9.17) is 11.5 Å². The van der Waals surface area contributed by atoms with Crippen molar-refractivity contribution < 1.29 is 9.59 Å². The highest BCUT2D eigenvalue weighted by atomic mass is 16.1. The van der Waals surface area contributed by atoms with Crippen molar-refractivity contribution in [3.05, 3.63) is 94.3 Å². The predicted octanol–water partition coefficient (Wildman–Crippen LogP) is 1.91. The van der Waals surface area contributed by atoms with E-state index in [0.717, 1.165) is 5.69 Å². The van der Waals surface area contributed by atoms with Crippen molar-refractivity contribution in [3.63, 3.8) is 0 Å². The minimum absolute atomic E-state index is 0.103. The summed E-state index contributed by atoms with van der Waals surface area (Å²) in [6.45, 7) is 1.96. The Morgan fingerprint density at radius 1 is 1.11 bits per heavy atom. The number of aryl methyl sites for hydroxylation is 1. The topological polar surface area (TPSA) is 151 Å². The zero-order valence-electron chi connectivity index (χ0n) is 19.3. The molecule has 5 aromatic rings. The monoisotopic (exact) mass is 479 g/mol. The average molecular weight is 480 g/mol. The highest BCUT2D eigenvalue weighted by Crippen LogP contribution is 2.17. The Morgan fingerprint density at radius 3 is 2.58 bits per heavy atom. The van der Waals surface area contributed by atoms with Crippen LogP contribution < -0.4 is 17.0 Å². The third kappa shape index (κ3) is 4.53. The van der Waals surface area contributed by atoms with Gasteiger partial charge in [0.05, 0.1) is 16.6 Å². The van der Waals surface area contributed by atoms with Gasteiger partial charge in [-0.3, -0.25) is 19.0 Å². The number of primary amides is 1. The van der Waals surface area contributed by atoms with Gasteiger partial charge in [-0.25, -0.2) is 14.5 Å². The number of para-hydroxylation sites is 1. The molecule has 0 atom stereocenters. The van der Waals surface area contributed by atoms with Gasteiger partial charge in [0.2, 0.25) is 0 Å². The number of nitrogen functional groups attached to an aromatic ring is 1. The SMILES string of the molecule is CCc1nc2cccc(C#CC=O)c2c(=O)n1-c1ccccc1.NC(=O)c1c(N)nn2cccnc12. The zero-order valence-corrected chi connectivity index (χ0v) is 19.3. The number of hydrogen-bond donors (Lipinski definition) is 2. The van der Waals surface area contributed by atoms with Gasteiger partial charge in [-0.1, -0.05) is 37.1 Å². The normalized spacial score (nSPS) is 10.2. The van der Waals surface area contributed by atoms with E-state index in [9.17, 15) is 14.4 Å². The molecule has 0 fully saturated rings. The molecule has 0 unspecified atom stereocenters. The summed E-state index contributed by atoms with van der Waals surface area (Å²) in [5, 5.41) is 4.30. The summed E-state index contributed by atoms with van der Waals surface area (Å²) in [7, 11) is 0. The molecule has 36 heavy (non-hydrogen) atoms. The fraction of sp³-hybridized carbons (Fsp3) is 0.0769. The lowest BCUT2D eigenvalue weighted by molar-refractivity contribution is -0.103. The number of aldehydes is 1. The number of anilines is 1. The summed E-state index contributed by atoms with van der Waals surface area (Å²) >= 11 is 0. The molecule has 4 N–H and O–H groups in total. The standard InChI is InChI=1S/C19H14N2O2.C7H7N5O/c1-2-17-20-16-12-6-8-14(9-7-13-22)18(16)19(23)21(17)15-10-4-3-5-11-15;8-5-4(6(9)13)7-10-2-1-3-12(7)11-5/h3-6,8,10-13H,2H2,1H3;1-3H,(H2,8,11)(H2,9,13). The van der Waals surface area contributed by atoms with Gasteiger partial charge in [-0.05, 0) is 36.3 Å². The molecule has 0 aliphatic heterocycles. The number of hydrogen-bond acceptors (Lipinski definition) is 7. The molecule has 0 saturated carbocycles. The molecule has 0 aliphatic rings. The Kier molecular flexibility index (Phi) is 6.83. The number of amides is 1. The fourth-order valence-electron chi connectivity index (χ4n) is 3.71. The van der Waals surface area contributed by atoms with E-state index in [2.05, 4.69) is 26.9 Å². The van der Waals surface area contributed by atoms with Crippen LogP contribution in [-0.4, -0.2) is 36.3 Å². The Hall–Kier alpha value is -5.30. The maximum atomic E-state index is 13.1. The largest absolute Gasteiger partial charge is 0.381 e. The first-order valence-corrected chi connectivity index (χ1v) is 10.9. The van der Waals surface area contributed by atoms with Crippen LogP contribution in [0.3, 0.4) is 0 Å². The summed E-state index contributed by atoms with van der Waals surface area (Å²) in [5.74, 6) is 5.26. The van der Waals surface area contributed by atoms with Crippen LogP contribution in [0.15, 0.2) is 71.8 Å². The average Bonchev–Trinajstić information content (AvgIpc) is 3.24. The number of carbonyl (C=O) groups excluding carboxylic acids is 2. The van der Waals surface area contributed by atoms with Crippen LogP contribution in [0.25, 0.3) is 22.2 Å². The maximum Gasteiger partial charge on any atom is 0.267 e. The van der Waals surface area contributed by atoms with Crippen LogP contribution in [-0.2, 0) is 11.2 Å². The van der Waals surface area contributed by atoms with E-state index in [1.165, 1.54) is 4.52 Å². The summed E-state index contributed by atoms with van der Waals surface area (Å²) in [4.78, 5) is 43.1. The predicted molar refractivity (Wildman–Crippen MR) is 136 cm³/mol. The Morgan fingerprint density at radius 2 is 1.89 bits per heavy atom. The van der Waals surface area contributed by atoms with Crippen molar-refractivity contribution in [2.24, 2.45) is 5.73 Å².